The number of aromatic nitrogens is 3. The summed E-state index contributed by atoms with van der Waals surface area (Å²) in [6, 6.07) is 6.78. The van der Waals surface area contributed by atoms with E-state index in [2.05, 4.69) is 10.1 Å². The fourth-order valence-corrected chi connectivity index (χ4v) is 1.38. The van der Waals surface area contributed by atoms with Crippen LogP contribution in [0.5, 0.6) is 0 Å². The van der Waals surface area contributed by atoms with E-state index in [0.717, 1.165) is 0 Å². The Labute approximate surface area is 95.1 Å². The van der Waals surface area contributed by atoms with Crippen LogP contribution in [0.25, 0.3) is 5.69 Å². The van der Waals surface area contributed by atoms with Crippen LogP contribution in [0.1, 0.15) is 0 Å². The highest BCUT2D eigenvalue weighted by molar-refractivity contribution is 7.71. The largest absolute Gasteiger partial charge is 0.347 e. The van der Waals surface area contributed by atoms with Gasteiger partial charge in [0.25, 0.3) is 0 Å². The summed E-state index contributed by atoms with van der Waals surface area (Å²) in [5.74, 6) is 0. The van der Waals surface area contributed by atoms with Gasteiger partial charge in [-0.3, -0.25) is 4.98 Å². The summed E-state index contributed by atoms with van der Waals surface area (Å²) in [5, 5.41) is 4.51. The second-order valence-corrected chi connectivity index (χ2v) is 3.70. The van der Waals surface area contributed by atoms with E-state index < -0.39 is 0 Å². The van der Waals surface area contributed by atoms with Crippen molar-refractivity contribution in [1.29, 1.82) is 0 Å². The van der Waals surface area contributed by atoms with Crippen LogP contribution in [-0.2, 0) is 0 Å². The Morgan fingerprint density at radius 2 is 2.00 bits per heavy atom. The fraction of sp³-hybridized carbons (Fsp3) is 0. The van der Waals surface area contributed by atoms with Gasteiger partial charge in [0, 0.05) is 5.02 Å². The molecule has 0 radical (unpaired) electrons. The molecule has 0 spiro atoms. The summed E-state index contributed by atoms with van der Waals surface area (Å²) in [5.41, 5.74) is 0.264. The molecule has 0 aliphatic heterocycles. The lowest BCUT2D eigenvalue weighted by molar-refractivity contribution is 0.757. The topological polar surface area (TPSA) is 50.7 Å². The Hall–Kier alpha value is -1.46. The minimum absolute atomic E-state index is 0.310. The second-order valence-electron chi connectivity index (χ2n) is 2.83. The molecular formula is C9H6ClN3OS. The van der Waals surface area contributed by atoms with Gasteiger partial charge in [0.15, 0.2) is 0 Å². The first-order chi connectivity index (χ1) is 7.16. The zero-order valence-corrected chi connectivity index (χ0v) is 9.05. The normalized spacial score (nSPS) is 10.2. The number of aromatic amines is 1. The molecule has 6 heteroatoms. The summed E-state index contributed by atoms with van der Waals surface area (Å²) in [6.45, 7) is 0. The molecule has 1 aromatic carbocycles. The molecule has 0 atom stereocenters. The third kappa shape index (κ3) is 2.14. The molecule has 0 aliphatic carbocycles. The minimum Gasteiger partial charge on any atom is -0.295 e. The Morgan fingerprint density at radius 3 is 2.60 bits per heavy atom. The number of H-pyrrole nitrogens is 1. The molecule has 0 aliphatic rings. The van der Waals surface area contributed by atoms with Crippen LogP contribution in [0.4, 0.5) is 0 Å². The Balaban J connectivity index is 2.59. The van der Waals surface area contributed by atoms with Gasteiger partial charge in [0.05, 0.1) is 11.9 Å². The number of hydrogen-bond acceptors (Lipinski definition) is 3. The fourth-order valence-electron chi connectivity index (χ4n) is 1.12. The Morgan fingerprint density at radius 1 is 1.33 bits per heavy atom. The van der Waals surface area contributed by atoms with Crippen molar-refractivity contribution in [1.82, 2.24) is 14.8 Å². The van der Waals surface area contributed by atoms with Gasteiger partial charge in [-0.1, -0.05) is 23.8 Å². The van der Waals surface area contributed by atoms with Crippen molar-refractivity contribution in [2.45, 2.75) is 0 Å². The molecule has 2 aromatic rings. The molecule has 1 aromatic heterocycles. The van der Waals surface area contributed by atoms with Gasteiger partial charge < -0.3 is 0 Å². The van der Waals surface area contributed by atoms with Crippen LogP contribution in [0.15, 0.2) is 35.3 Å². The van der Waals surface area contributed by atoms with E-state index in [-0.39, 0.29) is 5.69 Å². The number of nitrogens with zero attached hydrogens (tertiary/aromatic N) is 2. The number of rotatable bonds is 1. The third-order valence-corrected chi connectivity index (χ3v) is 2.24. The molecule has 1 N–H and O–H groups in total. The van der Waals surface area contributed by atoms with Gasteiger partial charge in [-0.25, -0.2) is 4.79 Å². The van der Waals surface area contributed by atoms with Crippen LogP contribution in [0.2, 0.25) is 5.02 Å². The number of halogens is 1. The lowest BCUT2D eigenvalue weighted by Crippen LogP contribution is -2.23. The van der Waals surface area contributed by atoms with Crippen LogP contribution in [0.3, 0.4) is 0 Å². The van der Waals surface area contributed by atoms with Gasteiger partial charge >= 0.3 is 5.69 Å². The molecule has 2 rings (SSSR count). The molecular weight excluding hydrogens is 234 g/mol. The van der Waals surface area contributed by atoms with Gasteiger partial charge in [0.1, 0.15) is 4.64 Å². The molecule has 15 heavy (non-hydrogen) atoms. The lowest BCUT2D eigenvalue weighted by atomic mass is 10.3. The van der Waals surface area contributed by atoms with E-state index in [0.29, 0.717) is 15.4 Å². The molecule has 0 saturated heterocycles. The first-order valence-corrected chi connectivity index (χ1v) is 4.90. The Kier molecular flexibility index (Phi) is 2.66. The van der Waals surface area contributed by atoms with Crippen molar-refractivity contribution in [3.63, 3.8) is 0 Å². The maximum atomic E-state index is 11.5. The van der Waals surface area contributed by atoms with Gasteiger partial charge in [-0.05, 0) is 24.3 Å². The monoisotopic (exact) mass is 239 g/mol. The Bertz CT molecular complexity index is 587. The van der Waals surface area contributed by atoms with Crippen molar-refractivity contribution >= 4 is 23.8 Å². The van der Waals surface area contributed by atoms with Crippen molar-refractivity contribution in [2.75, 3.05) is 0 Å². The molecule has 0 amide bonds. The average molecular weight is 240 g/mol. The van der Waals surface area contributed by atoms with Gasteiger partial charge in [-0.15, -0.1) is 0 Å². The van der Waals surface area contributed by atoms with Gasteiger partial charge in [0.2, 0.25) is 0 Å². The lowest BCUT2D eigenvalue weighted by Gasteiger charge is -2.02. The van der Waals surface area contributed by atoms with Crippen LogP contribution in [-0.4, -0.2) is 14.8 Å². The highest BCUT2D eigenvalue weighted by Crippen LogP contribution is 2.10. The van der Waals surface area contributed by atoms with Gasteiger partial charge in [-0.2, -0.15) is 9.78 Å². The summed E-state index contributed by atoms with van der Waals surface area (Å²) in [6.07, 6.45) is 1.41. The van der Waals surface area contributed by atoms with Crippen LogP contribution < -0.4 is 5.69 Å². The second kappa shape index (κ2) is 3.96. The molecule has 0 unspecified atom stereocenters. The van der Waals surface area contributed by atoms with Crippen LogP contribution >= 0.6 is 23.8 Å². The maximum absolute atomic E-state index is 11.5. The van der Waals surface area contributed by atoms with Crippen molar-refractivity contribution in [2.24, 2.45) is 0 Å². The zero-order valence-electron chi connectivity index (χ0n) is 7.48. The van der Waals surface area contributed by atoms with E-state index in [4.69, 9.17) is 23.8 Å². The molecule has 0 saturated carbocycles. The molecule has 0 fully saturated rings. The zero-order chi connectivity index (χ0) is 10.8. The van der Waals surface area contributed by atoms with E-state index >= 15 is 0 Å². The van der Waals surface area contributed by atoms with E-state index in [1.807, 2.05) is 0 Å². The summed E-state index contributed by atoms with van der Waals surface area (Å²) in [7, 11) is 0. The summed E-state index contributed by atoms with van der Waals surface area (Å²) >= 11 is 10.5. The van der Waals surface area contributed by atoms with Crippen molar-refractivity contribution in [3.8, 4) is 5.69 Å². The third-order valence-electron chi connectivity index (χ3n) is 1.78. The smallest absolute Gasteiger partial charge is 0.295 e. The number of nitrogens with one attached hydrogen (secondary N) is 1. The standard InChI is InChI=1S/C9H6ClN3OS/c10-6-1-3-7(4-2-6)13-9(14)12-8(15)5-11-13/h1-5H,(H,12,14,15). The number of benzene rings is 1. The average Bonchev–Trinajstić information content (AvgIpc) is 2.20. The first-order valence-electron chi connectivity index (χ1n) is 4.11. The van der Waals surface area contributed by atoms with Crippen molar-refractivity contribution < 1.29 is 0 Å². The molecule has 0 bridgehead atoms. The quantitative estimate of drug-likeness (QED) is 0.774. The minimum atomic E-state index is -0.371. The maximum Gasteiger partial charge on any atom is 0.347 e. The van der Waals surface area contributed by atoms with Crippen molar-refractivity contribution in [3.05, 3.63) is 50.6 Å². The predicted octanol–water partition coefficient (Wildman–Crippen LogP) is 1.94. The number of hydrogen-bond donors (Lipinski definition) is 1. The molecule has 1 heterocycles. The van der Waals surface area contributed by atoms with E-state index in [1.54, 1.807) is 24.3 Å². The molecule has 4 nitrogen and oxygen atoms in total. The summed E-state index contributed by atoms with van der Waals surface area (Å²) in [4.78, 5) is 13.9. The summed E-state index contributed by atoms with van der Waals surface area (Å²) < 4.78 is 1.52. The highest BCUT2D eigenvalue weighted by atomic mass is 35.5. The van der Waals surface area contributed by atoms with E-state index in [1.165, 1.54) is 10.9 Å². The SMILES string of the molecule is O=c1[nH]c(=S)cnn1-c1ccc(Cl)cc1. The first kappa shape index (κ1) is 10.1. The predicted molar refractivity (Wildman–Crippen MR) is 60.0 cm³/mol. The van der Waals surface area contributed by atoms with Crippen LogP contribution in [0, 0.1) is 4.64 Å². The highest BCUT2D eigenvalue weighted by Gasteiger charge is 1.99. The molecule has 76 valence electrons. The van der Waals surface area contributed by atoms with E-state index in [9.17, 15) is 4.79 Å².